The summed E-state index contributed by atoms with van der Waals surface area (Å²) in [5.41, 5.74) is -0.820. The molecule has 0 bridgehead atoms. The molecule has 1 aliphatic rings. The van der Waals surface area contributed by atoms with E-state index in [1.165, 1.54) is 24.3 Å². The van der Waals surface area contributed by atoms with Crippen LogP contribution in [0, 0.1) is 0 Å². The maximum Gasteiger partial charge on any atom is 0.418 e. The van der Waals surface area contributed by atoms with Crippen LogP contribution in [0.3, 0.4) is 0 Å². The molecule has 2 unspecified atom stereocenters. The zero-order chi connectivity index (χ0) is 18.0. The maximum atomic E-state index is 13.5. The molecule has 0 amide bonds. The van der Waals surface area contributed by atoms with E-state index in [1.54, 1.807) is 0 Å². The van der Waals surface area contributed by atoms with Crippen molar-refractivity contribution in [1.82, 2.24) is 10.2 Å². The van der Waals surface area contributed by atoms with Gasteiger partial charge < -0.3 is 10.4 Å². The molecule has 134 valence electrons. The highest BCUT2D eigenvalue weighted by molar-refractivity contribution is 5.66. The first-order chi connectivity index (χ1) is 11.8. The molecule has 2 atom stereocenters. The zero-order valence-corrected chi connectivity index (χ0v) is 13.3. The van der Waals surface area contributed by atoms with Crippen LogP contribution < -0.4 is 10.9 Å². The normalized spacial score (nSPS) is 21.1. The van der Waals surface area contributed by atoms with Gasteiger partial charge in [-0.25, -0.2) is 5.10 Å². The summed E-state index contributed by atoms with van der Waals surface area (Å²) in [6.45, 7) is 0. The number of aromatic amines is 1. The first-order valence-corrected chi connectivity index (χ1v) is 8.06. The van der Waals surface area contributed by atoms with Gasteiger partial charge in [0.2, 0.25) is 0 Å². The van der Waals surface area contributed by atoms with E-state index in [4.69, 9.17) is 0 Å². The summed E-state index contributed by atoms with van der Waals surface area (Å²) in [4.78, 5) is 11.1. The number of alkyl halides is 3. The van der Waals surface area contributed by atoms with Crippen LogP contribution in [0.15, 0.2) is 35.1 Å². The van der Waals surface area contributed by atoms with Crippen molar-refractivity contribution in [1.29, 1.82) is 0 Å². The van der Waals surface area contributed by atoms with E-state index in [-0.39, 0.29) is 16.9 Å². The number of anilines is 1. The number of hydrogen-bond acceptors (Lipinski definition) is 4. The van der Waals surface area contributed by atoms with Crippen molar-refractivity contribution in [3.63, 3.8) is 0 Å². The van der Waals surface area contributed by atoms with Crippen LogP contribution in [0.5, 0.6) is 0 Å². The van der Waals surface area contributed by atoms with Crippen LogP contribution in [0.25, 0.3) is 11.3 Å². The fourth-order valence-corrected chi connectivity index (χ4v) is 3.05. The van der Waals surface area contributed by atoms with Gasteiger partial charge >= 0.3 is 6.18 Å². The Hall–Kier alpha value is -2.35. The third-order valence-electron chi connectivity index (χ3n) is 4.37. The maximum absolute atomic E-state index is 13.5. The fraction of sp³-hybridized carbons (Fsp3) is 0.412. The molecular formula is C17H18F3N3O2. The summed E-state index contributed by atoms with van der Waals surface area (Å²) in [6.07, 6.45) is -2.26. The number of nitrogens with zero attached hydrogens (tertiary/aromatic N) is 1. The molecule has 0 radical (unpaired) electrons. The van der Waals surface area contributed by atoms with Gasteiger partial charge in [-0.15, -0.1) is 0 Å². The predicted molar refractivity (Wildman–Crippen MR) is 87.2 cm³/mol. The van der Waals surface area contributed by atoms with Crippen LogP contribution in [-0.4, -0.2) is 27.4 Å². The first-order valence-electron chi connectivity index (χ1n) is 8.06. The zero-order valence-electron chi connectivity index (χ0n) is 13.3. The van der Waals surface area contributed by atoms with E-state index in [0.717, 1.165) is 18.9 Å². The van der Waals surface area contributed by atoms with Gasteiger partial charge in [-0.2, -0.15) is 18.3 Å². The Bertz CT molecular complexity index is 784. The predicted octanol–water partition coefficient (Wildman–Crippen LogP) is 3.17. The van der Waals surface area contributed by atoms with E-state index in [2.05, 4.69) is 15.5 Å². The molecule has 1 aromatic carbocycles. The van der Waals surface area contributed by atoms with Crippen LogP contribution in [-0.2, 0) is 6.18 Å². The molecule has 25 heavy (non-hydrogen) atoms. The van der Waals surface area contributed by atoms with Gasteiger partial charge in [0.1, 0.15) is 0 Å². The summed E-state index contributed by atoms with van der Waals surface area (Å²) in [5, 5.41) is 18.8. The summed E-state index contributed by atoms with van der Waals surface area (Å²) in [6, 6.07) is 6.02. The minimum atomic E-state index is -4.56. The lowest BCUT2D eigenvalue weighted by molar-refractivity contribution is -0.137. The number of aliphatic hydroxyl groups is 1. The Morgan fingerprint density at radius 3 is 2.56 bits per heavy atom. The molecule has 1 saturated carbocycles. The second-order valence-electron chi connectivity index (χ2n) is 6.17. The van der Waals surface area contributed by atoms with Gasteiger partial charge in [-0.3, -0.25) is 4.79 Å². The number of aromatic nitrogens is 2. The highest BCUT2D eigenvalue weighted by atomic mass is 19.4. The van der Waals surface area contributed by atoms with Gasteiger partial charge in [0.05, 0.1) is 23.4 Å². The van der Waals surface area contributed by atoms with Crippen LogP contribution in [0.4, 0.5) is 18.9 Å². The molecule has 3 rings (SSSR count). The van der Waals surface area contributed by atoms with Crippen molar-refractivity contribution in [3.05, 3.63) is 46.2 Å². The quantitative estimate of drug-likeness (QED) is 0.792. The summed E-state index contributed by atoms with van der Waals surface area (Å²) >= 11 is 0. The molecular weight excluding hydrogens is 335 g/mol. The SMILES string of the molecule is O=c1ccc(-c2ccc(NC3CCCCC3O)c(C(F)(F)F)c2)n[nH]1. The van der Waals surface area contributed by atoms with Crippen LogP contribution in [0.1, 0.15) is 31.2 Å². The molecule has 1 fully saturated rings. The van der Waals surface area contributed by atoms with Crippen LogP contribution in [0.2, 0.25) is 0 Å². The molecule has 1 aliphatic carbocycles. The lowest BCUT2D eigenvalue weighted by Gasteiger charge is -2.30. The molecule has 0 spiro atoms. The highest BCUT2D eigenvalue weighted by Gasteiger charge is 2.35. The molecule has 5 nitrogen and oxygen atoms in total. The van der Waals surface area contributed by atoms with Crippen molar-refractivity contribution in [3.8, 4) is 11.3 Å². The molecule has 2 aromatic rings. The molecule has 0 saturated heterocycles. The first kappa shape index (κ1) is 17.5. The minimum Gasteiger partial charge on any atom is -0.391 e. The van der Waals surface area contributed by atoms with E-state index in [0.29, 0.717) is 12.8 Å². The highest BCUT2D eigenvalue weighted by Crippen LogP contribution is 2.38. The second-order valence-corrected chi connectivity index (χ2v) is 6.17. The van der Waals surface area contributed by atoms with E-state index >= 15 is 0 Å². The Morgan fingerprint density at radius 2 is 1.92 bits per heavy atom. The van der Waals surface area contributed by atoms with Gasteiger partial charge in [-0.05, 0) is 31.0 Å². The van der Waals surface area contributed by atoms with Crippen molar-refractivity contribution in [2.75, 3.05) is 5.32 Å². The van der Waals surface area contributed by atoms with E-state index in [9.17, 15) is 23.1 Å². The molecule has 0 aliphatic heterocycles. The summed E-state index contributed by atoms with van der Waals surface area (Å²) in [7, 11) is 0. The number of aliphatic hydroxyl groups excluding tert-OH is 1. The van der Waals surface area contributed by atoms with Crippen molar-refractivity contribution in [2.24, 2.45) is 0 Å². The van der Waals surface area contributed by atoms with Crippen molar-refractivity contribution < 1.29 is 18.3 Å². The molecule has 1 heterocycles. The molecule has 8 heteroatoms. The lowest BCUT2D eigenvalue weighted by Crippen LogP contribution is -2.36. The number of benzene rings is 1. The third kappa shape index (κ3) is 4.01. The van der Waals surface area contributed by atoms with Crippen LogP contribution >= 0.6 is 0 Å². The number of H-pyrrole nitrogens is 1. The number of nitrogens with one attached hydrogen (secondary N) is 2. The Morgan fingerprint density at radius 1 is 1.16 bits per heavy atom. The Kier molecular flexibility index (Phi) is 4.80. The number of halogens is 3. The van der Waals surface area contributed by atoms with Gasteiger partial charge in [0.15, 0.2) is 0 Å². The fourth-order valence-electron chi connectivity index (χ4n) is 3.05. The minimum absolute atomic E-state index is 0.0633. The summed E-state index contributed by atoms with van der Waals surface area (Å²) in [5.74, 6) is 0. The Labute approximate surface area is 141 Å². The second kappa shape index (κ2) is 6.87. The van der Waals surface area contributed by atoms with E-state index < -0.39 is 29.4 Å². The molecule has 3 N–H and O–H groups in total. The topological polar surface area (TPSA) is 78.0 Å². The largest absolute Gasteiger partial charge is 0.418 e. The standard InChI is InChI=1S/C17H18F3N3O2/c18-17(19,20)11-9-10(12-7-8-16(25)23-22-12)5-6-13(11)21-14-3-1-2-4-15(14)24/h5-9,14-15,21,24H,1-4H2,(H,23,25). The van der Waals surface area contributed by atoms with Gasteiger partial charge in [0, 0.05) is 17.3 Å². The van der Waals surface area contributed by atoms with Crippen molar-refractivity contribution >= 4 is 5.69 Å². The molecule has 1 aromatic heterocycles. The summed E-state index contributed by atoms with van der Waals surface area (Å²) < 4.78 is 40.4. The van der Waals surface area contributed by atoms with Gasteiger partial charge in [0.25, 0.3) is 5.56 Å². The monoisotopic (exact) mass is 353 g/mol. The Balaban J connectivity index is 1.95. The van der Waals surface area contributed by atoms with E-state index in [1.807, 2.05) is 0 Å². The average molecular weight is 353 g/mol. The lowest BCUT2D eigenvalue weighted by atomic mass is 9.92. The number of hydrogen-bond donors (Lipinski definition) is 3. The van der Waals surface area contributed by atoms with Gasteiger partial charge in [-0.1, -0.05) is 18.9 Å². The average Bonchev–Trinajstić information content (AvgIpc) is 2.57. The number of rotatable bonds is 3. The smallest absolute Gasteiger partial charge is 0.391 e. The van der Waals surface area contributed by atoms with Crippen molar-refractivity contribution in [2.45, 2.75) is 44.0 Å². The third-order valence-corrected chi connectivity index (χ3v) is 4.37.